The van der Waals surface area contributed by atoms with Crippen molar-refractivity contribution in [1.29, 1.82) is 0 Å². The number of aryl methyl sites for hydroxylation is 1. The summed E-state index contributed by atoms with van der Waals surface area (Å²) in [6.45, 7) is 4.31. The SMILES string of the molecule is CCC1CCCCN1S(=O)(=O)c1cc2c(cc1C)N(Cc1noc(C3CC3)n1)C(=O)CO2. The normalized spacial score (nSPS) is 22.0. The molecule has 10 heteroatoms. The molecule has 1 aromatic heterocycles. The van der Waals surface area contributed by atoms with E-state index in [1.165, 1.54) is 0 Å². The Morgan fingerprint density at radius 1 is 1.19 bits per heavy atom. The predicted molar refractivity (Wildman–Crippen MR) is 116 cm³/mol. The lowest BCUT2D eigenvalue weighted by Gasteiger charge is -2.35. The van der Waals surface area contributed by atoms with E-state index in [0.29, 0.717) is 41.2 Å². The van der Waals surface area contributed by atoms with Crippen LogP contribution in [0, 0.1) is 6.92 Å². The van der Waals surface area contributed by atoms with Crippen LogP contribution in [-0.2, 0) is 21.4 Å². The van der Waals surface area contributed by atoms with E-state index in [4.69, 9.17) is 9.26 Å². The van der Waals surface area contributed by atoms with Gasteiger partial charge in [-0.3, -0.25) is 9.69 Å². The third-order valence-corrected chi connectivity index (χ3v) is 8.63. The molecule has 0 bridgehead atoms. The van der Waals surface area contributed by atoms with Gasteiger partial charge >= 0.3 is 0 Å². The molecule has 3 heterocycles. The summed E-state index contributed by atoms with van der Waals surface area (Å²) in [6.07, 6.45) is 5.68. The minimum Gasteiger partial charge on any atom is -0.482 e. The van der Waals surface area contributed by atoms with Crippen LogP contribution in [0.2, 0.25) is 0 Å². The largest absolute Gasteiger partial charge is 0.482 e. The molecule has 2 aliphatic heterocycles. The van der Waals surface area contributed by atoms with Gasteiger partial charge in [-0.1, -0.05) is 18.5 Å². The molecule has 1 saturated carbocycles. The van der Waals surface area contributed by atoms with Crippen LogP contribution in [0.5, 0.6) is 5.75 Å². The van der Waals surface area contributed by atoms with E-state index >= 15 is 0 Å². The lowest BCUT2D eigenvalue weighted by atomic mass is 10.0. The number of ether oxygens (including phenoxy) is 1. The molecule has 0 radical (unpaired) electrons. The van der Waals surface area contributed by atoms with Gasteiger partial charge in [0.15, 0.2) is 12.4 Å². The molecule has 0 spiro atoms. The Kier molecular flexibility index (Phi) is 5.45. The molecule has 1 atom stereocenters. The maximum absolute atomic E-state index is 13.5. The molecule has 9 nitrogen and oxygen atoms in total. The average Bonchev–Trinajstić information content (AvgIpc) is 3.54. The standard InChI is InChI=1S/C22H28N4O5S/c1-3-16-6-4-5-9-26(16)32(28,29)19-11-18-17(10-14(19)2)25(21(27)13-30-18)12-20-23-22(31-24-20)15-7-8-15/h10-11,15-16H,3-9,12-13H2,1-2H3. The van der Waals surface area contributed by atoms with Gasteiger partial charge in [0.1, 0.15) is 5.75 Å². The van der Waals surface area contributed by atoms with Gasteiger partial charge in [0.2, 0.25) is 15.9 Å². The van der Waals surface area contributed by atoms with E-state index in [1.807, 2.05) is 6.92 Å². The Morgan fingerprint density at radius 3 is 2.75 bits per heavy atom. The van der Waals surface area contributed by atoms with Crippen molar-refractivity contribution < 1.29 is 22.5 Å². The van der Waals surface area contributed by atoms with Gasteiger partial charge in [0.25, 0.3) is 5.91 Å². The van der Waals surface area contributed by atoms with E-state index in [1.54, 1.807) is 28.3 Å². The van der Waals surface area contributed by atoms with Crippen molar-refractivity contribution >= 4 is 21.6 Å². The summed E-state index contributed by atoms with van der Waals surface area (Å²) in [4.78, 5) is 18.8. The molecule has 1 aromatic carbocycles. The van der Waals surface area contributed by atoms with Gasteiger partial charge in [0.05, 0.1) is 17.1 Å². The quantitative estimate of drug-likeness (QED) is 0.652. The van der Waals surface area contributed by atoms with E-state index in [2.05, 4.69) is 10.1 Å². The molecule has 1 amide bonds. The number of sulfonamides is 1. The van der Waals surface area contributed by atoms with Gasteiger partial charge in [-0.05, 0) is 50.7 Å². The van der Waals surface area contributed by atoms with Gasteiger partial charge in [-0.25, -0.2) is 8.42 Å². The fourth-order valence-electron chi connectivity index (χ4n) is 4.58. The summed E-state index contributed by atoms with van der Waals surface area (Å²) in [6, 6.07) is 3.29. The van der Waals surface area contributed by atoms with Crippen LogP contribution < -0.4 is 9.64 Å². The average molecular weight is 461 g/mol. The minimum absolute atomic E-state index is 0.0158. The van der Waals surface area contributed by atoms with Crippen LogP contribution in [-0.4, -0.2) is 48.0 Å². The number of piperidine rings is 1. The molecular weight excluding hydrogens is 432 g/mol. The predicted octanol–water partition coefficient (Wildman–Crippen LogP) is 3.13. The maximum Gasteiger partial charge on any atom is 0.265 e. The molecule has 1 unspecified atom stereocenters. The second-order valence-electron chi connectivity index (χ2n) is 8.85. The summed E-state index contributed by atoms with van der Waals surface area (Å²) >= 11 is 0. The highest BCUT2D eigenvalue weighted by Gasteiger charge is 2.36. The van der Waals surface area contributed by atoms with Crippen molar-refractivity contribution in [3.8, 4) is 5.75 Å². The topological polar surface area (TPSA) is 106 Å². The number of hydrogen-bond acceptors (Lipinski definition) is 7. The number of anilines is 1. The van der Waals surface area contributed by atoms with Crippen molar-refractivity contribution in [3.05, 3.63) is 29.4 Å². The van der Waals surface area contributed by atoms with Gasteiger partial charge in [-0.2, -0.15) is 9.29 Å². The summed E-state index contributed by atoms with van der Waals surface area (Å²) in [5.41, 5.74) is 1.11. The van der Waals surface area contributed by atoms with Crippen LogP contribution in [0.15, 0.2) is 21.6 Å². The fraction of sp³-hybridized carbons (Fsp3) is 0.591. The Labute approximate surface area is 187 Å². The first-order valence-corrected chi connectivity index (χ1v) is 12.7. The van der Waals surface area contributed by atoms with E-state index in [0.717, 1.165) is 38.5 Å². The third kappa shape index (κ3) is 3.79. The van der Waals surface area contributed by atoms with Crippen LogP contribution in [0.3, 0.4) is 0 Å². The molecule has 1 saturated heterocycles. The second kappa shape index (κ2) is 8.15. The van der Waals surface area contributed by atoms with Gasteiger partial charge in [0, 0.05) is 24.6 Å². The number of aromatic nitrogens is 2. The maximum atomic E-state index is 13.5. The number of fused-ring (bicyclic) bond motifs is 1. The lowest BCUT2D eigenvalue weighted by molar-refractivity contribution is -0.121. The number of carbonyl (C=O) groups is 1. The monoisotopic (exact) mass is 460 g/mol. The highest BCUT2D eigenvalue weighted by molar-refractivity contribution is 7.89. The highest BCUT2D eigenvalue weighted by Crippen LogP contribution is 2.40. The highest BCUT2D eigenvalue weighted by atomic mass is 32.2. The molecule has 0 N–H and O–H groups in total. The molecule has 32 heavy (non-hydrogen) atoms. The molecule has 2 fully saturated rings. The Balaban J connectivity index is 1.46. The zero-order valence-corrected chi connectivity index (χ0v) is 19.2. The van der Waals surface area contributed by atoms with E-state index in [9.17, 15) is 13.2 Å². The first kappa shape index (κ1) is 21.4. The Bertz CT molecular complexity index is 1140. The van der Waals surface area contributed by atoms with Gasteiger partial charge in [-0.15, -0.1) is 0 Å². The zero-order chi connectivity index (χ0) is 22.5. The second-order valence-corrected chi connectivity index (χ2v) is 10.7. The molecule has 5 rings (SSSR count). The summed E-state index contributed by atoms with van der Waals surface area (Å²) < 4.78 is 39.7. The number of amides is 1. The Hall–Kier alpha value is -2.46. The molecule has 3 aliphatic rings. The fourth-order valence-corrected chi connectivity index (χ4v) is 6.57. The first-order chi connectivity index (χ1) is 15.4. The first-order valence-electron chi connectivity index (χ1n) is 11.3. The summed E-state index contributed by atoms with van der Waals surface area (Å²) in [7, 11) is -3.67. The minimum atomic E-state index is -3.67. The number of hydrogen-bond donors (Lipinski definition) is 0. The number of nitrogens with zero attached hydrogens (tertiary/aromatic N) is 4. The Morgan fingerprint density at radius 2 is 2.00 bits per heavy atom. The third-order valence-electron chi connectivity index (χ3n) is 6.54. The van der Waals surface area contributed by atoms with Crippen molar-refractivity contribution in [2.75, 3.05) is 18.1 Å². The van der Waals surface area contributed by atoms with E-state index < -0.39 is 10.0 Å². The molecule has 1 aliphatic carbocycles. The molecular formula is C22H28N4O5S. The van der Waals surface area contributed by atoms with Crippen molar-refractivity contribution in [2.24, 2.45) is 0 Å². The number of rotatable bonds is 6. The summed E-state index contributed by atoms with van der Waals surface area (Å²) in [5.74, 6) is 1.53. The number of benzene rings is 1. The lowest BCUT2D eigenvalue weighted by Crippen LogP contribution is -2.43. The van der Waals surface area contributed by atoms with Crippen LogP contribution >= 0.6 is 0 Å². The summed E-state index contributed by atoms with van der Waals surface area (Å²) in [5, 5.41) is 4.01. The van der Waals surface area contributed by atoms with Crippen LogP contribution in [0.4, 0.5) is 5.69 Å². The van der Waals surface area contributed by atoms with Crippen molar-refractivity contribution in [2.45, 2.75) is 75.8 Å². The smallest absolute Gasteiger partial charge is 0.265 e. The van der Waals surface area contributed by atoms with Gasteiger partial charge < -0.3 is 9.26 Å². The van der Waals surface area contributed by atoms with Crippen molar-refractivity contribution in [3.63, 3.8) is 0 Å². The van der Waals surface area contributed by atoms with Crippen LogP contribution in [0.25, 0.3) is 0 Å². The number of carbonyl (C=O) groups excluding carboxylic acids is 1. The van der Waals surface area contributed by atoms with Crippen molar-refractivity contribution in [1.82, 2.24) is 14.4 Å². The zero-order valence-electron chi connectivity index (χ0n) is 18.4. The molecule has 2 aromatic rings. The molecule has 172 valence electrons. The van der Waals surface area contributed by atoms with E-state index in [-0.39, 0.29) is 30.0 Å². The van der Waals surface area contributed by atoms with Crippen LogP contribution in [0.1, 0.15) is 68.6 Å².